The van der Waals surface area contributed by atoms with Crippen molar-refractivity contribution in [2.24, 2.45) is 11.1 Å². The van der Waals surface area contributed by atoms with E-state index in [1.54, 1.807) is 4.90 Å². The normalized spacial score (nSPS) is 25.3. The molecule has 1 heterocycles. The van der Waals surface area contributed by atoms with Gasteiger partial charge >= 0.3 is 0 Å². The molecule has 84 valence electrons. The number of hydrogen-bond acceptors (Lipinski definition) is 2. The van der Waals surface area contributed by atoms with Gasteiger partial charge in [0.1, 0.15) is 0 Å². The van der Waals surface area contributed by atoms with E-state index in [1.807, 2.05) is 20.8 Å². The summed E-state index contributed by atoms with van der Waals surface area (Å²) in [5, 5.41) is 0. The molecule has 0 bridgehead atoms. The summed E-state index contributed by atoms with van der Waals surface area (Å²) >= 11 is 0. The molecule has 0 aromatic rings. The molecule has 14 heavy (non-hydrogen) atoms. The van der Waals surface area contributed by atoms with E-state index in [1.165, 1.54) is 0 Å². The Morgan fingerprint density at radius 3 is 2.36 bits per heavy atom. The molecule has 1 aliphatic rings. The fraction of sp³-hybridized carbons (Fsp3) is 1.00. The molecule has 0 amide bonds. The number of rotatable bonds is 2. The first kappa shape index (κ1) is 11.9. The predicted octanol–water partition coefficient (Wildman–Crippen LogP) is 1.70. The summed E-state index contributed by atoms with van der Waals surface area (Å²) in [6.07, 6.45) is -0.0239. The Hall–Kier alpha value is -0.220. The van der Waals surface area contributed by atoms with E-state index in [2.05, 4.69) is 0 Å². The van der Waals surface area contributed by atoms with Crippen LogP contribution in [0.4, 0.5) is 8.78 Å². The summed E-state index contributed by atoms with van der Waals surface area (Å²) in [6.45, 7) is 7.01. The van der Waals surface area contributed by atoms with Crippen LogP contribution in [0.3, 0.4) is 0 Å². The summed E-state index contributed by atoms with van der Waals surface area (Å²) < 4.78 is 25.7. The van der Waals surface area contributed by atoms with Crippen LogP contribution < -0.4 is 5.73 Å². The van der Waals surface area contributed by atoms with Crippen LogP contribution in [0.1, 0.15) is 27.2 Å². The average molecular weight is 206 g/mol. The molecule has 0 radical (unpaired) electrons. The van der Waals surface area contributed by atoms with Gasteiger partial charge < -0.3 is 5.73 Å². The monoisotopic (exact) mass is 206 g/mol. The molecule has 0 saturated carbocycles. The van der Waals surface area contributed by atoms with Crippen LogP contribution in [0.25, 0.3) is 0 Å². The van der Waals surface area contributed by atoms with Crippen molar-refractivity contribution in [1.29, 1.82) is 0 Å². The number of alkyl halides is 2. The van der Waals surface area contributed by atoms with Crippen LogP contribution in [0, 0.1) is 5.41 Å². The van der Waals surface area contributed by atoms with Crippen molar-refractivity contribution in [2.45, 2.75) is 39.2 Å². The van der Waals surface area contributed by atoms with Crippen LogP contribution in [0.2, 0.25) is 0 Å². The van der Waals surface area contributed by atoms with Crippen LogP contribution in [-0.2, 0) is 0 Å². The summed E-state index contributed by atoms with van der Waals surface area (Å²) in [5.74, 6) is -2.50. The van der Waals surface area contributed by atoms with Gasteiger partial charge in [0.05, 0.1) is 6.54 Å². The second kappa shape index (κ2) is 3.74. The van der Waals surface area contributed by atoms with E-state index in [0.29, 0.717) is 13.1 Å². The third-order valence-corrected chi connectivity index (χ3v) is 2.82. The van der Waals surface area contributed by atoms with Gasteiger partial charge in [-0.3, -0.25) is 4.90 Å². The molecule has 1 aliphatic heterocycles. The fourth-order valence-electron chi connectivity index (χ4n) is 1.51. The third-order valence-electron chi connectivity index (χ3n) is 2.82. The Labute approximate surface area is 84.4 Å². The lowest BCUT2D eigenvalue weighted by atomic mass is 9.87. The minimum Gasteiger partial charge on any atom is -0.326 e. The van der Waals surface area contributed by atoms with E-state index in [4.69, 9.17) is 5.73 Å². The van der Waals surface area contributed by atoms with Crippen molar-refractivity contribution in [3.05, 3.63) is 0 Å². The Balaban J connectivity index is 2.40. The second-order valence-corrected chi connectivity index (χ2v) is 5.31. The van der Waals surface area contributed by atoms with E-state index in [-0.39, 0.29) is 24.4 Å². The number of nitrogens with zero attached hydrogens (tertiary/aromatic N) is 1. The molecule has 1 fully saturated rings. The van der Waals surface area contributed by atoms with Gasteiger partial charge in [-0.15, -0.1) is 0 Å². The first-order valence-corrected chi connectivity index (χ1v) is 5.06. The first-order chi connectivity index (χ1) is 6.21. The van der Waals surface area contributed by atoms with E-state index in [9.17, 15) is 8.78 Å². The van der Waals surface area contributed by atoms with Crippen LogP contribution in [0.5, 0.6) is 0 Å². The highest BCUT2D eigenvalue weighted by atomic mass is 19.3. The lowest BCUT2D eigenvalue weighted by Crippen LogP contribution is -2.45. The molecule has 0 aromatic carbocycles. The molecule has 2 N–H and O–H groups in total. The number of likely N-dealkylation sites (tertiary alicyclic amines) is 1. The Kier molecular flexibility index (Phi) is 3.17. The summed E-state index contributed by atoms with van der Waals surface area (Å²) in [6, 6.07) is -0.0450. The van der Waals surface area contributed by atoms with Gasteiger partial charge in [-0.05, 0) is 5.41 Å². The van der Waals surface area contributed by atoms with Crippen molar-refractivity contribution in [3.63, 3.8) is 0 Å². The zero-order valence-corrected chi connectivity index (χ0v) is 9.19. The summed E-state index contributed by atoms with van der Waals surface area (Å²) in [5.41, 5.74) is 5.92. The largest absolute Gasteiger partial charge is 0.326 e. The SMILES string of the molecule is CC(C)(C)[C@@H](N)CN1CCC(F)(F)C1. The molecule has 1 saturated heterocycles. The standard InChI is InChI=1S/C10H20F2N2/c1-9(2,3)8(13)6-14-5-4-10(11,12)7-14/h8H,4-7,13H2,1-3H3/t8-/m0/s1. The van der Waals surface area contributed by atoms with Crippen molar-refractivity contribution in [2.75, 3.05) is 19.6 Å². The van der Waals surface area contributed by atoms with E-state index in [0.717, 1.165) is 0 Å². The van der Waals surface area contributed by atoms with E-state index < -0.39 is 5.92 Å². The average Bonchev–Trinajstić information content (AvgIpc) is 2.28. The summed E-state index contributed by atoms with van der Waals surface area (Å²) in [7, 11) is 0. The van der Waals surface area contributed by atoms with Gasteiger partial charge in [-0.25, -0.2) is 8.78 Å². The Bertz CT molecular complexity index is 199. The maximum Gasteiger partial charge on any atom is 0.261 e. The summed E-state index contributed by atoms with van der Waals surface area (Å²) in [4.78, 5) is 1.76. The number of hydrogen-bond donors (Lipinski definition) is 1. The molecule has 2 nitrogen and oxygen atoms in total. The second-order valence-electron chi connectivity index (χ2n) is 5.31. The van der Waals surface area contributed by atoms with Gasteiger partial charge in [0.15, 0.2) is 0 Å². The smallest absolute Gasteiger partial charge is 0.261 e. The topological polar surface area (TPSA) is 29.3 Å². The molecule has 0 unspecified atom stereocenters. The zero-order chi connectivity index (χ0) is 11.0. The van der Waals surface area contributed by atoms with Gasteiger partial charge in [-0.1, -0.05) is 20.8 Å². The van der Waals surface area contributed by atoms with Crippen molar-refractivity contribution < 1.29 is 8.78 Å². The third kappa shape index (κ3) is 3.17. The maximum atomic E-state index is 12.9. The van der Waals surface area contributed by atoms with Crippen LogP contribution in [-0.4, -0.2) is 36.5 Å². The lowest BCUT2D eigenvalue weighted by Gasteiger charge is -2.30. The zero-order valence-electron chi connectivity index (χ0n) is 9.19. The minimum atomic E-state index is -2.50. The number of halogens is 2. The van der Waals surface area contributed by atoms with Crippen molar-refractivity contribution >= 4 is 0 Å². The van der Waals surface area contributed by atoms with Gasteiger partial charge in [-0.2, -0.15) is 0 Å². The quantitative estimate of drug-likeness (QED) is 0.745. The van der Waals surface area contributed by atoms with Gasteiger partial charge in [0.25, 0.3) is 5.92 Å². The molecule has 0 aliphatic carbocycles. The predicted molar refractivity (Wildman–Crippen MR) is 53.4 cm³/mol. The highest BCUT2D eigenvalue weighted by Crippen LogP contribution is 2.28. The van der Waals surface area contributed by atoms with Crippen LogP contribution in [0.15, 0.2) is 0 Å². The number of nitrogens with two attached hydrogens (primary N) is 1. The molecular weight excluding hydrogens is 186 g/mol. The van der Waals surface area contributed by atoms with Gasteiger partial charge in [0.2, 0.25) is 0 Å². The molecule has 1 rings (SSSR count). The molecule has 1 atom stereocenters. The van der Waals surface area contributed by atoms with E-state index >= 15 is 0 Å². The van der Waals surface area contributed by atoms with Crippen LogP contribution >= 0.6 is 0 Å². The molecular formula is C10H20F2N2. The fourth-order valence-corrected chi connectivity index (χ4v) is 1.51. The Morgan fingerprint density at radius 2 is 2.00 bits per heavy atom. The molecule has 0 spiro atoms. The van der Waals surface area contributed by atoms with Crippen molar-refractivity contribution in [1.82, 2.24) is 4.90 Å². The Morgan fingerprint density at radius 1 is 1.43 bits per heavy atom. The van der Waals surface area contributed by atoms with Crippen molar-refractivity contribution in [3.8, 4) is 0 Å². The first-order valence-electron chi connectivity index (χ1n) is 5.06. The maximum absolute atomic E-state index is 12.9. The highest BCUT2D eigenvalue weighted by Gasteiger charge is 2.39. The molecule has 4 heteroatoms. The highest BCUT2D eigenvalue weighted by molar-refractivity contribution is 4.87. The lowest BCUT2D eigenvalue weighted by molar-refractivity contribution is 0.0107. The molecule has 0 aromatic heterocycles. The minimum absolute atomic E-state index is 0.0160. The van der Waals surface area contributed by atoms with Gasteiger partial charge in [0, 0.05) is 25.6 Å².